The van der Waals surface area contributed by atoms with Crippen molar-refractivity contribution in [3.8, 4) is 28.8 Å². The summed E-state index contributed by atoms with van der Waals surface area (Å²) in [6.07, 6.45) is 6.19. The van der Waals surface area contributed by atoms with Crippen LogP contribution in [0.5, 0.6) is 11.6 Å². The van der Waals surface area contributed by atoms with Crippen molar-refractivity contribution in [2.24, 2.45) is 0 Å². The second kappa shape index (κ2) is 8.57. The van der Waals surface area contributed by atoms with Gasteiger partial charge in [0.2, 0.25) is 5.88 Å². The van der Waals surface area contributed by atoms with Gasteiger partial charge in [-0.05, 0) is 36.4 Å². The van der Waals surface area contributed by atoms with Crippen molar-refractivity contribution in [1.82, 2.24) is 19.7 Å². The van der Waals surface area contributed by atoms with Gasteiger partial charge in [-0.3, -0.25) is 9.78 Å². The maximum atomic E-state index is 13.2. The molecule has 32 heavy (non-hydrogen) atoms. The Morgan fingerprint density at radius 2 is 1.88 bits per heavy atom. The fourth-order valence-corrected chi connectivity index (χ4v) is 3.14. The fraction of sp³-hybridized carbons (Fsp3) is 0. The van der Waals surface area contributed by atoms with Gasteiger partial charge in [-0.1, -0.05) is 24.3 Å². The Morgan fingerprint density at radius 1 is 0.969 bits per heavy atom. The maximum Gasteiger partial charge on any atom is 0.274 e. The highest BCUT2D eigenvalue weighted by Gasteiger charge is 2.19. The summed E-state index contributed by atoms with van der Waals surface area (Å²) in [5, 5.41) is 7.49. The van der Waals surface area contributed by atoms with Gasteiger partial charge in [0.1, 0.15) is 17.1 Å². The number of rotatable bonds is 6. The summed E-state index contributed by atoms with van der Waals surface area (Å²) in [4.78, 5) is 21.3. The molecule has 8 nitrogen and oxygen atoms in total. The van der Waals surface area contributed by atoms with Crippen LogP contribution in [0, 0.1) is 0 Å². The van der Waals surface area contributed by atoms with Crippen molar-refractivity contribution in [2.75, 3.05) is 5.32 Å². The molecule has 2 aromatic carbocycles. The highest BCUT2D eigenvalue weighted by molar-refractivity contribution is 6.04. The lowest BCUT2D eigenvalue weighted by Crippen LogP contribution is -2.16. The molecule has 3 heterocycles. The average molecular weight is 423 g/mol. The summed E-state index contributed by atoms with van der Waals surface area (Å²) in [5.41, 5.74) is 2.25. The zero-order valence-corrected chi connectivity index (χ0v) is 16.8. The molecule has 5 rings (SSSR count). The molecule has 1 N–H and O–H groups in total. The van der Waals surface area contributed by atoms with Gasteiger partial charge in [0.05, 0.1) is 18.1 Å². The molecule has 0 atom stereocenters. The summed E-state index contributed by atoms with van der Waals surface area (Å²) >= 11 is 0. The number of hydrogen-bond acceptors (Lipinski definition) is 6. The van der Waals surface area contributed by atoms with Gasteiger partial charge in [-0.15, -0.1) is 0 Å². The van der Waals surface area contributed by atoms with Crippen LogP contribution in [-0.2, 0) is 0 Å². The minimum Gasteiger partial charge on any atom is -0.463 e. The second-order valence-corrected chi connectivity index (χ2v) is 6.77. The Bertz CT molecular complexity index is 1330. The van der Waals surface area contributed by atoms with Crippen LogP contribution in [0.4, 0.5) is 5.69 Å². The average Bonchev–Trinajstić information content (AvgIpc) is 3.51. The summed E-state index contributed by atoms with van der Waals surface area (Å²) in [6.45, 7) is 0. The molecular formula is C24H17N5O3. The zero-order chi connectivity index (χ0) is 21.8. The van der Waals surface area contributed by atoms with Gasteiger partial charge in [-0.2, -0.15) is 5.10 Å². The van der Waals surface area contributed by atoms with Crippen LogP contribution >= 0.6 is 0 Å². The molecule has 3 aromatic heterocycles. The van der Waals surface area contributed by atoms with Crippen LogP contribution in [0.1, 0.15) is 10.5 Å². The lowest BCUT2D eigenvalue weighted by atomic mass is 10.2. The molecule has 0 saturated carbocycles. The molecule has 0 unspecified atom stereocenters. The first kappa shape index (κ1) is 19.3. The van der Waals surface area contributed by atoms with Crippen LogP contribution in [0.15, 0.2) is 102 Å². The second-order valence-electron chi connectivity index (χ2n) is 6.77. The Morgan fingerprint density at radius 3 is 2.66 bits per heavy atom. The summed E-state index contributed by atoms with van der Waals surface area (Å²) in [5.74, 6) is 1.14. The van der Waals surface area contributed by atoms with Gasteiger partial charge >= 0.3 is 0 Å². The molecule has 8 heteroatoms. The minimum absolute atomic E-state index is 0.323. The largest absolute Gasteiger partial charge is 0.463 e. The van der Waals surface area contributed by atoms with Crippen molar-refractivity contribution >= 4 is 11.6 Å². The van der Waals surface area contributed by atoms with E-state index in [1.165, 1.54) is 6.20 Å². The third-order valence-electron chi connectivity index (χ3n) is 4.57. The van der Waals surface area contributed by atoms with E-state index in [1.807, 2.05) is 30.3 Å². The Labute approximate surface area is 183 Å². The third kappa shape index (κ3) is 4.10. The van der Waals surface area contributed by atoms with Crippen LogP contribution in [0.2, 0.25) is 0 Å². The van der Waals surface area contributed by atoms with E-state index in [0.29, 0.717) is 34.5 Å². The lowest BCUT2D eigenvalue weighted by Gasteiger charge is -2.10. The Balaban J connectivity index is 1.44. The fourth-order valence-electron chi connectivity index (χ4n) is 3.14. The molecule has 5 aromatic rings. The van der Waals surface area contributed by atoms with Crippen molar-refractivity contribution in [1.29, 1.82) is 0 Å². The molecule has 0 aliphatic rings. The minimum atomic E-state index is -0.323. The monoisotopic (exact) mass is 423 g/mol. The summed E-state index contributed by atoms with van der Waals surface area (Å²) in [7, 11) is 0. The normalized spacial score (nSPS) is 10.6. The number of benzene rings is 2. The van der Waals surface area contributed by atoms with Crippen LogP contribution in [0.3, 0.4) is 0 Å². The number of anilines is 1. The first-order valence-corrected chi connectivity index (χ1v) is 9.81. The molecular weight excluding hydrogens is 406 g/mol. The molecule has 0 aliphatic heterocycles. The van der Waals surface area contributed by atoms with E-state index in [2.05, 4.69) is 20.4 Å². The van der Waals surface area contributed by atoms with Gasteiger partial charge in [0.15, 0.2) is 5.76 Å². The van der Waals surface area contributed by atoms with Gasteiger partial charge in [-0.25, -0.2) is 9.67 Å². The molecule has 0 bridgehead atoms. The lowest BCUT2D eigenvalue weighted by molar-refractivity contribution is 0.101. The first-order chi connectivity index (χ1) is 15.8. The number of carbonyl (C=O) groups is 1. The van der Waals surface area contributed by atoms with E-state index < -0.39 is 0 Å². The predicted molar refractivity (Wildman–Crippen MR) is 118 cm³/mol. The smallest absolute Gasteiger partial charge is 0.274 e. The number of nitrogens with one attached hydrogen (secondary N) is 1. The zero-order valence-electron chi connectivity index (χ0n) is 16.8. The van der Waals surface area contributed by atoms with E-state index in [4.69, 9.17) is 9.15 Å². The van der Waals surface area contributed by atoms with Crippen molar-refractivity contribution in [3.05, 3.63) is 103 Å². The molecule has 1 amide bonds. The standard InChI is InChI=1S/C24H17N5O3/c30-24(27-17-6-4-9-19(14-17)32-23-16-25-11-12-26-23)21-15-20(22-10-5-13-31-22)28-29(21)18-7-2-1-3-8-18/h1-16H,(H,27,30). The van der Waals surface area contributed by atoms with E-state index >= 15 is 0 Å². The summed E-state index contributed by atoms with van der Waals surface area (Å²) < 4.78 is 12.7. The third-order valence-corrected chi connectivity index (χ3v) is 4.57. The van der Waals surface area contributed by atoms with Gasteiger partial charge in [0, 0.05) is 30.2 Å². The van der Waals surface area contributed by atoms with E-state index in [1.54, 1.807) is 65.8 Å². The molecule has 0 radical (unpaired) electrons. The van der Waals surface area contributed by atoms with Crippen LogP contribution in [-0.4, -0.2) is 25.7 Å². The highest BCUT2D eigenvalue weighted by atomic mass is 16.5. The van der Waals surface area contributed by atoms with Crippen LogP contribution in [0.25, 0.3) is 17.1 Å². The number of furan rings is 1. The van der Waals surface area contributed by atoms with Gasteiger partial charge in [0.25, 0.3) is 5.91 Å². The number of hydrogen-bond donors (Lipinski definition) is 1. The van der Waals surface area contributed by atoms with Crippen molar-refractivity contribution in [2.45, 2.75) is 0 Å². The number of para-hydroxylation sites is 1. The molecule has 0 aliphatic carbocycles. The first-order valence-electron chi connectivity index (χ1n) is 9.81. The Kier molecular flexibility index (Phi) is 5.15. The van der Waals surface area contributed by atoms with Gasteiger partial charge < -0.3 is 14.5 Å². The number of carbonyl (C=O) groups excluding carboxylic acids is 1. The number of ether oxygens (including phenoxy) is 1. The molecule has 0 spiro atoms. The van der Waals surface area contributed by atoms with E-state index in [9.17, 15) is 4.79 Å². The SMILES string of the molecule is O=C(Nc1cccc(Oc2cnccn2)c1)c1cc(-c2ccco2)nn1-c1ccccc1. The number of aromatic nitrogens is 4. The summed E-state index contributed by atoms with van der Waals surface area (Å²) in [6, 6.07) is 21.8. The Hall–Kier alpha value is -4.72. The predicted octanol–water partition coefficient (Wildman–Crippen LogP) is 4.97. The molecule has 156 valence electrons. The topological polar surface area (TPSA) is 95.1 Å². The van der Waals surface area contributed by atoms with E-state index in [0.717, 1.165) is 5.69 Å². The highest BCUT2D eigenvalue weighted by Crippen LogP contribution is 2.25. The molecule has 0 saturated heterocycles. The van der Waals surface area contributed by atoms with Crippen LogP contribution < -0.4 is 10.1 Å². The number of nitrogens with zero attached hydrogens (tertiary/aromatic N) is 4. The van der Waals surface area contributed by atoms with Crippen molar-refractivity contribution < 1.29 is 13.9 Å². The number of amides is 1. The van der Waals surface area contributed by atoms with E-state index in [-0.39, 0.29) is 5.91 Å². The van der Waals surface area contributed by atoms with Crippen molar-refractivity contribution in [3.63, 3.8) is 0 Å². The molecule has 0 fully saturated rings. The quantitative estimate of drug-likeness (QED) is 0.414. The maximum absolute atomic E-state index is 13.2.